The number of anilines is 3. The molecule has 12 aromatic rings. The number of fused-ring (bicyclic) bond motifs is 7. The van der Waals surface area contributed by atoms with Gasteiger partial charge in [-0.15, -0.1) is 0 Å². The van der Waals surface area contributed by atoms with E-state index < -0.39 is 0 Å². The van der Waals surface area contributed by atoms with E-state index >= 15 is 0 Å². The lowest BCUT2D eigenvalue weighted by atomic mass is 9.90. The van der Waals surface area contributed by atoms with Gasteiger partial charge in [-0.25, -0.2) is 0 Å². The van der Waals surface area contributed by atoms with Crippen molar-refractivity contribution in [3.63, 3.8) is 0 Å². The molecule has 0 atom stereocenters. The van der Waals surface area contributed by atoms with E-state index in [1.54, 1.807) is 0 Å². The van der Waals surface area contributed by atoms with Crippen LogP contribution in [-0.4, -0.2) is 0 Å². The molecule has 0 saturated heterocycles. The van der Waals surface area contributed by atoms with E-state index in [0.717, 1.165) is 88.8 Å². The summed E-state index contributed by atoms with van der Waals surface area (Å²) >= 11 is 0. The van der Waals surface area contributed by atoms with Crippen molar-refractivity contribution in [2.75, 3.05) is 4.90 Å². The number of benzene rings is 10. The summed E-state index contributed by atoms with van der Waals surface area (Å²) in [5.74, 6) is 0. The van der Waals surface area contributed by atoms with Gasteiger partial charge in [-0.3, -0.25) is 0 Å². The Hall–Kier alpha value is -8.14. The highest BCUT2D eigenvalue weighted by Gasteiger charge is 2.23. The summed E-state index contributed by atoms with van der Waals surface area (Å²) in [7, 11) is 0. The third-order valence-corrected chi connectivity index (χ3v) is 12.1. The molecule has 3 nitrogen and oxygen atoms in total. The number of nitrogens with zero attached hydrogens (tertiary/aromatic N) is 1. The Bertz CT molecular complexity index is 3590. The summed E-state index contributed by atoms with van der Waals surface area (Å²) in [4.78, 5) is 2.42. The van der Waals surface area contributed by atoms with Crippen LogP contribution in [0, 0.1) is 0 Å². The summed E-state index contributed by atoms with van der Waals surface area (Å²) in [6, 6.07) is 80.1. The van der Waals surface area contributed by atoms with Gasteiger partial charge in [0.05, 0.1) is 11.4 Å². The largest absolute Gasteiger partial charge is 0.456 e. The van der Waals surface area contributed by atoms with E-state index in [9.17, 15) is 0 Å². The second kappa shape index (κ2) is 14.3. The number of hydrogen-bond donors (Lipinski definition) is 0. The van der Waals surface area contributed by atoms with Crippen LogP contribution in [0.2, 0.25) is 0 Å². The van der Waals surface area contributed by atoms with Gasteiger partial charge in [-0.2, -0.15) is 0 Å². The zero-order valence-corrected chi connectivity index (χ0v) is 33.1. The summed E-state index contributed by atoms with van der Waals surface area (Å²) in [6.07, 6.45) is 0. The SMILES string of the molecule is c1ccc(-c2cccc3cccc(-c4ccccc4N(c4ccc(-c5ccc6c(c5)oc5ccccc56)cc4)c4ccccc4-c4ccc5c(c4)oc4ccccc45)c23)cc1. The van der Waals surface area contributed by atoms with E-state index in [0.29, 0.717) is 0 Å². The first-order chi connectivity index (χ1) is 30.2. The molecule has 0 unspecified atom stereocenters. The number of para-hydroxylation sites is 4. The van der Waals surface area contributed by atoms with Gasteiger partial charge in [-0.05, 0) is 105 Å². The maximum atomic E-state index is 6.43. The van der Waals surface area contributed by atoms with Crippen molar-refractivity contribution in [2.24, 2.45) is 0 Å². The van der Waals surface area contributed by atoms with Gasteiger partial charge in [0.1, 0.15) is 22.3 Å². The molecule has 10 aromatic carbocycles. The number of furan rings is 2. The fourth-order valence-corrected chi connectivity index (χ4v) is 9.24. The Kier molecular flexibility index (Phi) is 8.17. The maximum Gasteiger partial charge on any atom is 0.136 e. The van der Waals surface area contributed by atoms with Crippen LogP contribution < -0.4 is 4.90 Å². The molecular formula is C58H37NO2. The molecular weight excluding hydrogens is 743 g/mol. The Morgan fingerprint density at radius 2 is 0.770 bits per heavy atom. The van der Waals surface area contributed by atoms with Crippen LogP contribution in [0.5, 0.6) is 0 Å². The molecule has 286 valence electrons. The predicted molar refractivity (Wildman–Crippen MR) is 255 cm³/mol. The van der Waals surface area contributed by atoms with Crippen LogP contribution in [0.25, 0.3) is 99.2 Å². The zero-order chi connectivity index (χ0) is 40.3. The quantitative estimate of drug-likeness (QED) is 0.161. The van der Waals surface area contributed by atoms with E-state index in [4.69, 9.17) is 8.83 Å². The van der Waals surface area contributed by atoms with E-state index in [1.165, 1.54) is 27.5 Å². The van der Waals surface area contributed by atoms with Gasteiger partial charge >= 0.3 is 0 Å². The first-order valence-corrected chi connectivity index (χ1v) is 20.7. The summed E-state index contributed by atoms with van der Waals surface area (Å²) in [6.45, 7) is 0. The summed E-state index contributed by atoms with van der Waals surface area (Å²) < 4.78 is 12.7. The maximum absolute atomic E-state index is 6.43. The molecule has 3 heteroatoms. The molecule has 0 spiro atoms. The molecule has 0 aliphatic carbocycles. The minimum atomic E-state index is 0.871. The molecule has 0 fully saturated rings. The molecule has 2 heterocycles. The number of rotatable bonds is 7. The van der Waals surface area contributed by atoms with E-state index in [-0.39, 0.29) is 0 Å². The average Bonchev–Trinajstić information content (AvgIpc) is 3.90. The molecule has 0 amide bonds. The van der Waals surface area contributed by atoms with Crippen LogP contribution in [0.15, 0.2) is 233 Å². The van der Waals surface area contributed by atoms with Crippen molar-refractivity contribution in [3.05, 3.63) is 224 Å². The molecule has 0 N–H and O–H groups in total. The lowest BCUT2D eigenvalue weighted by molar-refractivity contribution is 0.668. The fraction of sp³-hybridized carbons (Fsp3) is 0. The van der Waals surface area contributed by atoms with Gasteiger partial charge in [0, 0.05) is 38.4 Å². The van der Waals surface area contributed by atoms with E-state index in [1.807, 2.05) is 24.3 Å². The molecule has 0 aliphatic heterocycles. The molecule has 0 saturated carbocycles. The van der Waals surface area contributed by atoms with Crippen LogP contribution in [0.1, 0.15) is 0 Å². The third-order valence-electron chi connectivity index (χ3n) is 12.1. The Morgan fingerprint density at radius 1 is 0.279 bits per heavy atom. The van der Waals surface area contributed by atoms with Crippen molar-refractivity contribution in [2.45, 2.75) is 0 Å². The Morgan fingerprint density at radius 3 is 1.46 bits per heavy atom. The highest BCUT2D eigenvalue weighted by atomic mass is 16.3. The first-order valence-electron chi connectivity index (χ1n) is 20.7. The standard InChI is InChI=1S/C58H37NO2/c1-2-14-39(15-3-1)45-22-12-16-40-17-13-23-51(58(40)45)46-19-5-9-25-53(46)59(43-32-28-38(29-33-43)41-30-34-49-47-20-6-10-26-54(47)60-56(49)36-41)52-24-8-4-18-44(52)42-31-35-50-48-21-7-11-27-55(48)61-57(50)37-42/h1-37H. The van der Waals surface area contributed by atoms with Crippen LogP contribution in [0.4, 0.5) is 17.1 Å². The minimum absolute atomic E-state index is 0.871. The average molecular weight is 780 g/mol. The van der Waals surface area contributed by atoms with Crippen molar-refractivity contribution < 1.29 is 8.83 Å². The van der Waals surface area contributed by atoms with Crippen LogP contribution in [-0.2, 0) is 0 Å². The van der Waals surface area contributed by atoms with Crippen molar-refractivity contribution >= 4 is 71.7 Å². The summed E-state index contributed by atoms with van der Waals surface area (Å²) in [5, 5.41) is 6.92. The van der Waals surface area contributed by atoms with Crippen molar-refractivity contribution in [3.8, 4) is 44.5 Å². The van der Waals surface area contributed by atoms with Gasteiger partial charge in [0.15, 0.2) is 0 Å². The molecule has 0 bridgehead atoms. The molecule has 61 heavy (non-hydrogen) atoms. The van der Waals surface area contributed by atoms with Gasteiger partial charge < -0.3 is 13.7 Å². The Balaban J connectivity index is 1.06. The van der Waals surface area contributed by atoms with Gasteiger partial charge in [-0.1, -0.05) is 164 Å². The number of hydrogen-bond acceptors (Lipinski definition) is 3. The van der Waals surface area contributed by atoms with E-state index in [2.05, 4.69) is 205 Å². The normalized spacial score (nSPS) is 11.6. The monoisotopic (exact) mass is 779 g/mol. The lowest BCUT2D eigenvalue weighted by Gasteiger charge is -2.30. The fourth-order valence-electron chi connectivity index (χ4n) is 9.24. The van der Waals surface area contributed by atoms with Gasteiger partial charge in [0.2, 0.25) is 0 Å². The molecule has 0 radical (unpaired) electrons. The zero-order valence-electron chi connectivity index (χ0n) is 33.1. The van der Waals surface area contributed by atoms with Gasteiger partial charge in [0.25, 0.3) is 0 Å². The highest BCUT2D eigenvalue weighted by molar-refractivity contribution is 6.10. The van der Waals surface area contributed by atoms with Crippen LogP contribution in [0.3, 0.4) is 0 Å². The first kappa shape index (κ1) is 34.9. The molecule has 0 aliphatic rings. The second-order valence-electron chi connectivity index (χ2n) is 15.6. The summed E-state index contributed by atoms with van der Waals surface area (Å²) in [5.41, 5.74) is 15.8. The second-order valence-corrected chi connectivity index (χ2v) is 15.6. The molecule has 12 rings (SSSR count). The predicted octanol–water partition coefficient (Wildman–Crippen LogP) is 16.8. The smallest absolute Gasteiger partial charge is 0.136 e. The van der Waals surface area contributed by atoms with Crippen molar-refractivity contribution in [1.29, 1.82) is 0 Å². The highest BCUT2D eigenvalue weighted by Crippen LogP contribution is 2.48. The molecule has 2 aromatic heterocycles. The van der Waals surface area contributed by atoms with Crippen molar-refractivity contribution in [1.82, 2.24) is 0 Å². The lowest BCUT2D eigenvalue weighted by Crippen LogP contribution is -2.12. The minimum Gasteiger partial charge on any atom is -0.456 e. The van der Waals surface area contributed by atoms with Crippen LogP contribution >= 0.6 is 0 Å². The Labute approximate surface area is 353 Å². The third kappa shape index (κ3) is 5.90. The topological polar surface area (TPSA) is 29.5 Å².